The Kier molecular flexibility index (Phi) is 3.90. The summed E-state index contributed by atoms with van der Waals surface area (Å²) >= 11 is 3.39. The molecule has 0 atom stereocenters. The highest BCUT2D eigenvalue weighted by Crippen LogP contribution is 2.28. The van der Waals surface area contributed by atoms with Crippen LogP contribution in [0.3, 0.4) is 0 Å². The van der Waals surface area contributed by atoms with Crippen molar-refractivity contribution < 1.29 is 4.79 Å². The minimum absolute atomic E-state index is 0.125. The van der Waals surface area contributed by atoms with Gasteiger partial charge in [-0.15, -0.1) is 0 Å². The first kappa shape index (κ1) is 14.3. The number of ketones is 1. The van der Waals surface area contributed by atoms with Gasteiger partial charge in [-0.1, -0.05) is 58.4 Å². The van der Waals surface area contributed by atoms with E-state index in [1.165, 1.54) is 0 Å². The fourth-order valence-corrected chi connectivity index (χ4v) is 2.55. The number of nitriles is 1. The van der Waals surface area contributed by atoms with Crippen molar-refractivity contribution in [3.05, 3.63) is 82.1 Å². The van der Waals surface area contributed by atoms with Crippen molar-refractivity contribution in [3.63, 3.8) is 0 Å². The van der Waals surface area contributed by atoms with E-state index in [4.69, 9.17) is 5.26 Å². The maximum absolute atomic E-state index is 12.7. The van der Waals surface area contributed by atoms with Gasteiger partial charge in [0.25, 0.3) is 0 Å². The fourth-order valence-electron chi connectivity index (χ4n) is 2.28. The molecule has 3 aromatic rings. The molecule has 0 unspecified atom stereocenters. The maximum Gasteiger partial charge on any atom is 0.209 e. The van der Waals surface area contributed by atoms with E-state index in [9.17, 15) is 4.79 Å². The number of hydrogen-bond donors (Lipinski definition) is 1. The molecule has 1 aromatic heterocycles. The molecule has 0 radical (unpaired) electrons. The summed E-state index contributed by atoms with van der Waals surface area (Å²) in [6.07, 6.45) is 0. The topological polar surface area (TPSA) is 56.6 Å². The Morgan fingerprint density at radius 3 is 2.36 bits per heavy atom. The zero-order valence-electron chi connectivity index (χ0n) is 11.5. The van der Waals surface area contributed by atoms with Crippen LogP contribution in [0.4, 0.5) is 0 Å². The fraction of sp³-hybridized carbons (Fsp3) is 0. The second-order valence-electron chi connectivity index (χ2n) is 4.79. The summed E-state index contributed by atoms with van der Waals surface area (Å²) in [4.78, 5) is 15.6. The van der Waals surface area contributed by atoms with Gasteiger partial charge in [0.05, 0.1) is 5.69 Å². The first-order valence-electron chi connectivity index (χ1n) is 6.68. The number of aromatic nitrogens is 1. The highest BCUT2D eigenvalue weighted by atomic mass is 79.9. The molecule has 0 saturated heterocycles. The second-order valence-corrected chi connectivity index (χ2v) is 5.70. The molecule has 106 valence electrons. The molecule has 1 heterocycles. The van der Waals surface area contributed by atoms with Crippen molar-refractivity contribution in [1.29, 1.82) is 5.26 Å². The van der Waals surface area contributed by atoms with Gasteiger partial charge in [-0.3, -0.25) is 4.79 Å². The van der Waals surface area contributed by atoms with E-state index in [-0.39, 0.29) is 5.78 Å². The number of carbonyl (C=O) groups is 1. The molecule has 0 amide bonds. The van der Waals surface area contributed by atoms with Crippen molar-refractivity contribution in [3.8, 4) is 17.2 Å². The smallest absolute Gasteiger partial charge is 0.209 e. The predicted molar refractivity (Wildman–Crippen MR) is 88.5 cm³/mol. The maximum atomic E-state index is 12.7. The molecule has 0 aliphatic rings. The predicted octanol–water partition coefficient (Wildman–Crippen LogP) is 4.55. The lowest BCUT2D eigenvalue weighted by Crippen LogP contribution is -2.03. The van der Waals surface area contributed by atoms with Crippen LogP contribution < -0.4 is 0 Å². The number of H-pyrrole nitrogens is 1. The molecule has 0 aliphatic carbocycles. The van der Waals surface area contributed by atoms with E-state index in [1.807, 2.05) is 42.5 Å². The molecular formula is C18H11BrN2O. The van der Waals surface area contributed by atoms with Gasteiger partial charge in [-0.2, -0.15) is 5.26 Å². The van der Waals surface area contributed by atoms with E-state index in [0.29, 0.717) is 17.0 Å². The van der Waals surface area contributed by atoms with Crippen LogP contribution >= 0.6 is 15.9 Å². The number of carbonyl (C=O) groups excluding carboxylic acids is 1. The Bertz CT molecular complexity index is 858. The molecule has 4 heteroatoms. The minimum atomic E-state index is -0.125. The van der Waals surface area contributed by atoms with Crippen LogP contribution in [-0.2, 0) is 0 Å². The van der Waals surface area contributed by atoms with Crippen LogP contribution in [0.15, 0.2) is 65.1 Å². The van der Waals surface area contributed by atoms with Crippen LogP contribution in [-0.4, -0.2) is 10.8 Å². The lowest BCUT2D eigenvalue weighted by atomic mass is 10.0. The molecule has 0 aliphatic heterocycles. The van der Waals surface area contributed by atoms with Gasteiger partial charge < -0.3 is 4.98 Å². The molecule has 0 saturated carbocycles. The van der Waals surface area contributed by atoms with Crippen LogP contribution in [0.1, 0.15) is 21.7 Å². The zero-order chi connectivity index (χ0) is 15.5. The second kappa shape index (κ2) is 6.00. The van der Waals surface area contributed by atoms with Crippen molar-refractivity contribution in [2.24, 2.45) is 0 Å². The third-order valence-corrected chi connectivity index (χ3v) is 3.89. The number of nitrogens with zero attached hydrogens (tertiary/aromatic N) is 1. The Hall–Kier alpha value is -2.64. The van der Waals surface area contributed by atoms with Gasteiger partial charge in [-0.25, -0.2) is 0 Å². The highest BCUT2D eigenvalue weighted by Gasteiger charge is 2.18. The van der Waals surface area contributed by atoms with Gasteiger partial charge in [0, 0.05) is 15.6 Å². The summed E-state index contributed by atoms with van der Waals surface area (Å²) in [6, 6.07) is 20.4. The number of rotatable bonds is 3. The monoisotopic (exact) mass is 350 g/mol. The average Bonchev–Trinajstić information content (AvgIpc) is 3.00. The summed E-state index contributed by atoms with van der Waals surface area (Å²) in [5.74, 6) is -0.125. The third kappa shape index (κ3) is 2.72. The van der Waals surface area contributed by atoms with Crippen molar-refractivity contribution in [2.45, 2.75) is 0 Å². The summed E-state index contributed by atoms with van der Waals surface area (Å²) < 4.78 is 0.961. The van der Waals surface area contributed by atoms with Crippen LogP contribution in [0.5, 0.6) is 0 Å². The third-order valence-electron chi connectivity index (χ3n) is 3.36. The SMILES string of the molecule is N#Cc1cc(-c2ccc(Br)cc2)c(C(=O)c2ccccc2)[nH]1. The Morgan fingerprint density at radius 1 is 1.05 bits per heavy atom. The summed E-state index contributed by atoms with van der Waals surface area (Å²) in [5.41, 5.74) is 3.02. The molecule has 0 spiro atoms. The van der Waals surface area contributed by atoms with Crippen molar-refractivity contribution >= 4 is 21.7 Å². The Balaban J connectivity index is 2.12. The van der Waals surface area contributed by atoms with Gasteiger partial charge >= 0.3 is 0 Å². The molecule has 1 N–H and O–H groups in total. The standard InChI is InChI=1S/C18H11BrN2O/c19-14-8-6-12(7-9-14)16-10-15(11-20)21-17(16)18(22)13-4-2-1-3-5-13/h1-10,21H. The van der Waals surface area contributed by atoms with Gasteiger partial charge in [0.2, 0.25) is 5.78 Å². The molecule has 0 fully saturated rings. The summed E-state index contributed by atoms with van der Waals surface area (Å²) in [6.45, 7) is 0. The normalized spacial score (nSPS) is 10.2. The Morgan fingerprint density at radius 2 is 1.73 bits per heavy atom. The first-order chi connectivity index (χ1) is 10.7. The molecule has 3 rings (SSSR count). The van der Waals surface area contributed by atoms with E-state index in [1.54, 1.807) is 18.2 Å². The van der Waals surface area contributed by atoms with Gasteiger partial charge in [0.15, 0.2) is 0 Å². The number of benzene rings is 2. The van der Waals surface area contributed by atoms with Gasteiger partial charge in [0.1, 0.15) is 11.8 Å². The van der Waals surface area contributed by atoms with Crippen molar-refractivity contribution in [1.82, 2.24) is 4.98 Å². The summed E-state index contributed by atoms with van der Waals surface area (Å²) in [7, 11) is 0. The zero-order valence-corrected chi connectivity index (χ0v) is 13.1. The lowest BCUT2D eigenvalue weighted by molar-refractivity contribution is 0.103. The first-order valence-corrected chi connectivity index (χ1v) is 7.47. The number of halogens is 1. The van der Waals surface area contributed by atoms with Crippen molar-refractivity contribution in [2.75, 3.05) is 0 Å². The Labute approximate surface area is 136 Å². The molecule has 2 aromatic carbocycles. The molecular weight excluding hydrogens is 340 g/mol. The molecule has 22 heavy (non-hydrogen) atoms. The highest BCUT2D eigenvalue weighted by molar-refractivity contribution is 9.10. The van der Waals surface area contributed by atoms with Gasteiger partial charge in [-0.05, 0) is 23.8 Å². The number of aromatic amines is 1. The van der Waals surface area contributed by atoms with E-state index >= 15 is 0 Å². The number of nitrogens with one attached hydrogen (secondary N) is 1. The van der Waals surface area contributed by atoms with E-state index in [0.717, 1.165) is 15.6 Å². The largest absolute Gasteiger partial charge is 0.343 e. The quantitative estimate of drug-likeness (QED) is 0.704. The molecule has 3 nitrogen and oxygen atoms in total. The van der Waals surface area contributed by atoms with E-state index in [2.05, 4.69) is 27.0 Å². The van der Waals surface area contributed by atoms with Crippen LogP contribution in [0, 0.1) is 11.3 Å². The summed E-state index contributed by atoms with van der Waals surface area (Å²) in [5, 5.41) is 9.12. The van der Waals surface area contributed by atoms with Crippen LogP contribution in [0.25, 0.3) is 11.1 Å². The van der Waals surface area contributed by atoms with Crippen LogP contribution in [0.2, 0.25) is 0 Å². The number of hydrogen-bond acceptors (Lipinski definition) is 2. The minimum Gasteiger partial charge on any atom is -0.343 e. The molecule has 0 bridgehead atoms. The lowest BCUT2D eigenvalue weighted by Gasteiger charge is -2.04. The van der Waals surface area contributed by atoms with E-state index < -0.39 is 0 Å². The average molecular weight is 351 g/mol.